The summed E-state index contributed by atoms with van der Waals surface area (Å²) in [6, 6.07) is 19.0. The Morgan fingerprint density at radius 1 is 0.917 bits per heavy atom. The van der Waals surface area contributed by atoms with E-state index in [0.29, 0.717) is 42.0 Å². The Labute approximate surface area is 209 Å². The monoisotopic (exact) mass is 485 g/mol. The Morgan fingerprint density at radius 2 is 1.56 bits per heavy atom. The molecule has 2 atom stereocenters. The molecule has 2 N–H and O–H groups in total. The van der Waals surface area contributed by atoms with Crippen LogP contribution in [-0.2, 0) is 4.79 Å². The summed E-state index contributed by atoms with van der Waals surface area (Å²) in [5, 5.41) is 5.93. The normalized spacial score (nSPS) is 18.9. The van der Waals surface area contributed by atoms with Gasteiger partial charge in [0.25, 0.3) is 11.8 Å². The lowest BCUT2D eigenvalue weighted by atomic mass is 9.95. The third kappa shape index (κ3) is 4.49. The van der Waals surface area contributed by atoms with E-state index in [0.717, 1.165) is 16.9 Å². The van der Waals surface area contributed by atoms with Gasteiger partial charge in [-0.15, -0.1) is 0 Å². The summed E-state index contributed by atoms with van der Waals surface area (Å²) in [5.41, 5.74) is 3.28. The van der Waals surface area contributed by atoms with E-state index in [9.17, 15) is 14.4 Å². The fraction of sp³-hybridized carbons (Fsp3) is 0.250. The molecule has 5 rings (SSSR count). The van der Waals surface area contributed by atoms with Gasteiger partial charge in [0.1, 0.15) is 17.5 Å². The van der Waals surface area contributed by atoms with Gasteiger partial charge in [-0.05, 0) is 72.5 Å². The second-order valence-electron chi connectivity index (χ2n) is 8.92. The van der Waals surface area contributed by atoms with E-state index in [2.05, 4.69) is 10.6 Å². The lowest BCUT2D eigenvalue weighted by molar-refractivity contribution is -0.121. The summed E-state index contributed by atoms with van der Waals surface area (Å²) in [6.45, 7) is 0.372. The minimum atomic E-state index is -0.663. The van der Waals surface area contributed by atoms with Crippen LogP contribution in [-0.4, -0.2) is 55.5 Å². The van der Waals surface area contributed by atoms with Gasteiger partial charge in [-0.3, -0.25) is 14.4 Å². The number of hydrogen-bond donors (Lipinski definition) is 2. The molecule has 0 spiro atoms. The van der Waals surface area contributed by atoms with Crippen LogP contribution in [0.1, 0.15) is 33.6 Å². The number of hydrogen-bond acceptors (Lipinski definition) is 5. The summed E-state index contributed by atoms with van der Waals surface area (Å²) in [6.07, 6.45) is 0.906. The zero-order valence-corrected chi connectivity index (χ0v) is 20.1. The highest BCUT2D eigenvalue weighted by Gasteiger charge is 2.40. The Kier molecular flexibility index (Phi) is 6.33. The number of anilines is 1. The van der Waals surface area contributed by atoms with Crippen LogP contribution in [0.5, 0.6) is 11.5 Å². The van der Waals surface area contributed by atoms with Gasteiger partial charge in [0.15, 0.2) is 0 Å². The van der Waals surface area contributed by atoms with Crippen molar-refractivity contribution in [3.63, 3.8) is 0 Å². The molecular weight excluding hydrogens is 458 g/mol. The maximum absolute atomic E-state index is 13.5. The second kappa shape index (κ2) is 9.73. The molecule has 3 aromatic rings. The Balaban J connectivity index is 1.33. The number of rotatable bonds is 5. The lowest BCUT2D eigenvalue weighted by Crippen LogP contribution is -2.55. The summed E-state index contributed by atoms with van der Waals surface area (Å²) in [7, 11) is 3.18. The Hall–Kier alpha value is -4.33. The summed E-state index contributed by atoms with van der Waals surface area (Å²) >= 11 is 0. The molecule has 3 aromatic carbocycles. The van der Waals surface area contributed by atoms with Crippen LogP contribution in [0.15, 0.2) is 66.7 Å². The molecule has 0 aromatic heterocycles. The quantitative estimate of drug-likeness (QED) is 0.574. The van der Waals surface area contributed by atoms with Crippen LogP contribution in [0.25, 0.3) is 11.1 Å². The van der Waals surface area contributed by atoms with Gasteiger partial charge in [-0.1, -0.05) is 18.2 Å². The van der Waals surface area contributed by atoms with Crippen molar-refractivity contribution in [2.45, 2.75) is 24.9 Å². The van der Waals surface area contributed by atoms with E-state index in [1.807, 2.05) is 36.4 Å². The minimum Gasteiger partial charge on any atom is -0.497 e. The molecule has 36 heavy (non-hydrogen) atoms. The molecule has 2 aliphatic rings. The topological polar surface area (TPSA) is 97.0 Å². The number of piperidine rings is 1. The highest BCUT2D eigenvalue weighted by Crippen LogP contribution is 2.32. The van der Waals surface area contributed by atoms with Crippen LogP contribution in [0.4, 0.5) is 5.69 Å². The first-order valence-electron chi connectivity index (χ1n) is 11.8. The lowest BCUT2D eigenvalue weighted by Gasteiger charge is -2.37. The molecule has 0 aliphatic carbocycles. The van der Waals surface area contributed by atoms with Crippen molar-refractivity contribution in [2.24, 2.45) is 0 Å². The van der Waals surface area contributed by atoms with E-state index in [-0.39, 0.29) is 23.8 Å². The van der Waals surface area contributed by atoms with Gasteiger partial charge in [0.05, 0.1) is 25.5 Å². The van der Waals surface area contributed by atoms with Gasteiger partial charge >= 0.3 is 0 Å². The van der Waals surface area contributed by atoms with Crippen LogP contribution in [0.3, 0.4) is 0 Å². The smallest absolute Gasteiger partial charge is 0.256 e. The molecule has 1 saturated heterocycles. The maximum Gasteiger partial charge on any atom is 0.256 e. The largest absolute Gasteiger partial charge is 0.497 e. The minimum absolute atomic E-state index is 0.191. The molecule has 1 fully saturated rings. The number of ether oxygens (including phenoxy) is 2. The number of amides is 3. The van der Waals surface area contributed by atoms with Crippen LogP contribution >= 0.6 is 0 Å². The number of carbonyl (C=O) groups excluding carboxylic acids is 3. The Bertz CT molecular complexity index is 1300. The van der Waals surface area contributed by atoms with Crippen molar-refractivity contribution < 1.29 is 23.9 Å². The van der Waals surface area contributed by atoms with Crippen molar-refractivity contribution in [1.82, 2.24) is 10.2 Å². The van der Waals surface area contributed by atoms with E-state index in [4.69, 9.17) is 9.47 Å². The van der Waals surface area contributed by atoms with Gasteiger partial charge in [-0.2, -0.15) is 0 Å². The third-order valence-corrected chi connectivity index (χ3v) is 6.78. The van der Waals surface area contributed by atoms with Gasteiger partial charge < -0.3 is 25.0 Å². The van der Waals surface area contributed by atoms with Crippen molar-refractivity contribution in [3.8, 4) is 22.6 Å². The Morgan fingerprint density at radius 3 is 2.22 bits per heavy atom. The molecule has 2 unspecified atom stereocenters. The van der Waals surface area contributed by atoms with Gasteiger partial charge in [0.2, 0.25) is 5.91 Å². The first-order chi connectivity index (χ1) is 17.5. The first-order valence-corrected chi connectivity index (χ1v) is 11.8. The number of nitrogens with zero attached hydrogens (tertiary/aromatic N) is 1. The predicted octanol–water partition coefficient (Wildman–Crippen LogP) is 3.73. The van der Waals surface area contributed by atoms with Crippen molar-refractivity contribution in [2.75, 3.05) is 26.1 Å². The van der Waals surface area contributed by atoms with E-state index in [1.54, 1.807) is 49.5 Å². The molecule has 8 nitrogen and oxygen atoms in total. The molecule has 8 heteroatoms. The SMILES string of the molecule is COc1ccc(C(=O)NC2CCN3C(=O)c4cc(-c5ccc(OC)cc5)ccc4NC(=O)C3C2)cc1. The number of carbonyl (C=O) groups is 3. The van der Waals surface area contributed by atoms with E-state index in [1.165, 1.54) is 0 Å². The van der Waals surface area contributed by atoms with E-state index >= 15 is 0 Å². The van der Waals surface area contributed by atoms with Crippen molar-refractivity contribution >= 4 is 23.4 Å². The molecular formula is C28H27N3O5. The number of methoxy groups -OCH3 is 2. The first kappa shape index (κ1) is 23.4. The maximum atomic E-state index is 13.5. The zero-order valence-electron chi connectivity index (χ0n) is 20.1. The van der Waals surface area contributed by atoms with Gasteiger partial charge in [-0.25, -0.2) is 0 Å². The number of fused-ring (bicyclic) bond motifs is 2. The third-order valence-electron chi connectivity index (χ3n) is 6.78. The average molecular weight is 486 g/mol. The molecule has 2 aliphatic heterocycles. The molecule has 2 heterocycles. The molecule has 0 bridgehead atoms. The van der Waals surface area contributed by atoms with Crippen LogP contribution in [0.2, 0.25) is 0 Å². The van der Waals surface area contributed by atoms with Gasteiger partial charge in [0, 0.05) is 18.2 Å². The molecule has 3 amide bonds. The highest BCUT2D eigenvalue weighted by molar-refractivity contribution is 6.10. The molecule has 0 radical (unpaired) electrons. The molecule has 0 saturated carbocycles. The zero-order chi connectivity index (χ0) is 25.2. The standard InChI is InChI=1S/C28H27N3O5/c1-35-21-8-3-17(4-9-21)19-7-12-24-23(15-19)28(34)31-14-13-20(16-25(31)27(33)30-24)29-26(32)18-5-10-22(36-2)11-6-18/h3-12,15,20,25H,13-14,16H2,1-2H3,(H,29,32)(H,30,33). The summed E-state index contributed by atoms with van der Waals surface area (Å²) < 4.78 is 10.4. The fourth-order valence-electron chi connectivity index (χ4n) is 4.76. The highest BCUT2D eigenvalue weighted by atomic mass is 16.5. The summed E-state index contributed by atoms with van der Waals surface area (Å²) in [4.78, 5) is 41.0. The molecule has 184 valence electrons. The summed E-state index contributed by atoms with van der Waals surface area (Å²) in [5.74, 6) is 0.764. The van der Waals surface area contributed by atoms with Crippen molar-refractivity contribution in [1.29, 1.82) is 0 Å². The fourth-order valence-corrected chi connectivity index (χ4v) is 4.76. The van der Waals surface area contributed by atoms with Crippen molar-refractivity contribution in [3.05, 3.63) is 77.9 Å². The second-order valence-corrected chi connectivity index (χ2v) is 8.92. The van der Waals surface area contributed by atoms with Crippen LogP contribution < -0.4 is 20.1 Å². The number of benzene rings is 3. The average Bonchev–Trinajstić information content (AvgIpc) is 3.02. The predicted molar refractivity (Wildman–Crippen MR) is 135 cm³/mol. The number of nitrogens with one attached hydrogen (secondary N) is 2. The van der Waals surface area contributed by atoms with E-state index < -0.39 is 6.04 Å². The van der Waals surface area contributed by atoms with Crippen LogP contribution in [0, 0.1) is 0 Å².